The van der Waals surface area contributed by atoms with E-state index in [1.165, 1.54) is 16.8 Å². The molecule has 16 heavy (non-hydrogen) atoms. The molecule has 0 amide bonds. The standard InChI is InChI=1S/C9H7FN2O4/c10-9-3-14-6(9)5-7(16-9)12-2-1-4(13)11-8(12)15-5/h1-2,5-7H,3H2/t5?,6-,7+,9+/m0/s1. The first-order chi connectivity index (χ1) is 7.67. The number of fused-ring (bicyclic) bond motifs is 5. The molecule has 4 atom stereocenters. The molecule has 4 heterocycles. The van der Waals surface area contributed by atoms with Crippen LogP contribution in [0.25, 0.3) is 0 Å². The van der Waals surface area contributed by atoms with Gasteiger partial charge in [-0.05, 0) is 0 Å². The zero-order valence-electron chi connectivity index (χ0n) is 8.00. The van der Waals surface area contributed by atoms with E-state index in [0.717, 1.165) is 0 Å². The Labute approximate surface area is 88.6 Å². The fraction of sp³-hybridized carbons (Fsp3) is 0.556. The van der Waals surface area contributed by atoms with Crippen LogP contribution in [0.5, 0.6) is 6.01 Å². The van der Waals surface area contributed by atoms with E-state index in [1.807, 2.05) is 0 Å². The van der Waals surface area contributed by atoms with Gasteiger partial charge in [0.1, 0.15) is 6.61 Å². The minimum absolute atomic E-state index is 0.0724. The first-order valence-electron chi connectivity index (χ1n) is 4.92. The lowest BCUT2D eigenvalue weighted by atomic mass is 10.0. The van der Waals surface area contributed by atoms with Crippen molar-refractivity contribution in [3.8, 4) is 6.01 Å². The highest BCUT2D eigenvalue weighted by Gasteiger charge is 2.67. The van der Waals surface area contributed by atoms with Crippen molar-refractivity contribution < 1.29 is 18.6 Å². The van der Waals surface area contributed by atoms with Crippen molar-refractivity contribution in [2.24, 2.45) is 0 Å². The van der Waals surface area contributed by atoms with Gasteiger partial charge in [0.15, 0.2) is 18.4 Å². The SMILES string of the molecule is O=c1ccn2c(n1)OC1[C@H]2O[C@]2(F)CO[C@@H]12. The monoisotopic (exact) mass is 226 g/mol. The number of rotatable bonds is 0. The Hall–Kier alpha value is -1.47. The van der Waals surface area contributed by atoms with E-state index >= 15 is 0 Å². The molecule has 0 bridgehead atoms. The van der Waals surface area contributed by atoms with Gasteiger partial charge in [0, 0.05) is 12.3 Å². The first kappa shape index (κ1) is 8.66. The predicted molar refractivity (Wildman–Crippen MR) is 46.6 cm³/mol. The third-order valence-corrected chi connectivity index (χ3v) is 3.10. The Morgan fingerprint density at radius 3 is 3.25 bits per heavy atom. The second-order valence-corrected chi connectivity index (χ2v) is 4.06. The Kier molecular flexibility index (Phi) is 1.32. The molecule has 2 saturated heterocycles. The third-order valence-electron chi connectivity index (χ3n) is 3.10. The van der Waals surface area contributed by atoms with Crippen LogP contribution in [0, 0.1) is 0 Å². The lowest BCUT2D eigenvalue weighted by Gasteiger charge is -2.36. The van der Waals surface area contributed by atoms with Gasteiger partial charge in [-0.15, -0.1) is 0 Å². The maximum Gasteiger partial charge on any atom is 0.302 e. The molecular formula is C9H7FN2O4. The maximum atomic E-state index is 13.9. The van der Waals surface area contributed by atoms with Crippen LogP contribution in [0.3, 0.4) is 0 Å². The van der Waals surface area contributed by atoms with Gasteiger partial charge in [0.25, 0.3) is 11.4 Å². The molecule has 0 spiro atoms. The summed E-state index contributed by atoms with van der Waals surface area (Å²) in [5.74, 6) is -1.75. The molecule has 1 unspecified atom stereocenters. The van der Waals surface area contributed by atoms with Gasteiger partial charge in [0.05, 0.1) is 0 Å². The van der Waals surface area contributed by atoms with Crippen LogP contribution in [0.4, 0.5) is 4.39 Å². The smallest absolute Gasteiger partial charge is 0.302 e. The summed E-state index contributed by atoms with van der Waals surface area (Å²) in [4.78, 5) is 14.7. The lowest BCUT2D eigenvalue weighted by Crippen LogP contribution is -2.56. The number of aromatic nitrogens is 2. The van der Waals surface area contributed by atoms with Crippen molar-refractivity contribution in [2.45, 2.75) is 24.3 Å². The topological polar surface area (TPSA) is 62.6 Å². The van der Waals surface area contributed by atoms with Gasteiger partial charge in [-0.25, -0.2) is 4.39 Å². The van der Waals surface area contributed by atoms with Gasteiger partial charge >= 0.3 is 6.01 Å². The van der Waals surface area contributed by atoms with E-state index in [-0.39, 0.29) is 12.6 Å². The van der Waals surface area contributed by atoms with Crippen LogP contribution < -0.4 is 10.3 Å². The highest BCUT2D eigenvalue weighted by atomic mass is 19.2. The summed E-state index contributed by atoms with van der Waals surface area (Å²) in [6.07, 6.45) is -0.397. The number of ether oxygens (including phenoxy) is 3. The molecule has 3 aliphatic rings. The number of halogens is 1. The zero-order chi connectivity index (χ0) is 10.9. The quantitative estimate of drug-likeness (QED) is 0.602. The molecule has 1 aromatic rings. The summed E-state index contributed by atoms with van der Waals surface area (Å²) in [6, 6.07) is 1.44. The van der Waals surface area contributed by atoms with Crippen molar-refractivity contribution in [3.05, 3.63) is 22.6 Å². The van der Waals surface area contributed by atoms with Crippen molar-refractivity contribution in [3.63, 3.8) is 0 Å². The molecule has 6 nitrogen and oxygen atoms in total. The van der Waals surface area contributed by atoms with Gasteiger partial charge in [-0.2, -0.15) is 4.98 Å². The number of hydrogen-bond donors (Lipinski definition) is 0. The van der Waals surface area contributed by atoms with Crippen LogP contribution in [0.2, 0.25) is 0 Å². The molecule has 7 heteroatoms. The lowest BCUT2D eigenvalue weighted by molar-refractivity contribution is -0.300. The average Bonchev–Trinajstić information content (AvgIpc) is 2.62. The normalized spacial score (nSPS) is 42.9. The van der Waals surface area contributed by atoms with E-state index in [2.05, 4.69) is 4.98 Å². The molecule has 84 valence electrons. The van der Waals surface area contributed by atoms with Crippen LogP contribution >= 0.6 is 0 Å². The summed E-state index contributed by atoms with van der Waals surface area (Å²) in [6.45, 7) is -0.0724. The molecule has 2 fully saturated rings. The molecule has 0 N–H and O–H groups in total. The van der Waals surface area contributed by atoms with E-state index in [4.69, 9.17) is 14.2 Å². The molecule has 0 aliphatic carbocycles. The molecule has 4 rings (SSSR count). The Morgan fingerprint density at radius 1 is 1.62 bits per heavy atom. The van der Waals surface area contributed by atoms with Crippen molar-refractivity contribution in [2.75, 3.05) is 6.61 Å². The summed E-state index contributed by atoms with van der Waals surface area (Å²) >= 11 is 0. The average molecular weight is 226 g/mol. The minimum atomic E-state index is -1.75. The van der Waals surface area contributed by atoms with Crippen LogP contribution in [0.15, 0.2) is 17.1 Å². The fourth-order valence-electron chi connectivity index (χ4n) is 2.30. The number of hydrogen-bond acceptors (Lipinski definition) is 5. The highest BCUT2D eigenvalue weighted by Crippen LogP contribution is 2.50. The number of nitrogens with zero attached hydrogens (tertiary/aromatic N) is 2. The summed E-state index contributed by atoms with van der Waals surface area (Å²) in [5, 5.41) is 0. The second-order valence-electron chi connectivity index (χ2n) is 4.06. The van der Waals surface area contributed by atoms with Gasteiger partial charge in [0.2, 0.25) is 0 Å². The molecule has 1 aromatic heterocycles. The van der Waals surface area contributed by atoms with Crippen molar-refractivity contribution in [1.29, 1.82) is 0 Å². The first-order valence-corrected chi connectivity index (χ1v) is 4.92. The molecule has 0 aromatic carbocycles. The third kappa shape index (κ3) is 0.840. The van der Waals surface area contributed by atoms with Gasteiger partial charge in [-0.3, -0.25) is 9.36 Å². The highest BCUT2D eigenvalue weighted by molar-refractivity contribution is 5.14. The van der Waals surface area contributed by atoms with Crippen molar-refractivity contribution >= 4 is 0 Å². The van der Waals surface area contributed by atoms with Crippen LogP contribution in [-0.2, 0) is 9.47 Å². The summed E-state index contributed by atoms with van der Waals surface area (Å²) in [5.41, 5.74) is -0.396. The Bertz CT molecular complexity index is 532. The van der Waals surface area contributed by atoms with Crippen molar-refractivity contribution in [1.82, 2.24) is 9.55 Å². The van der Waals surface area contributed by atoms with Gasteiger partial charge < -0.3 is 14.2 Å². The molecular weight excluding hydrogens is 219 g/mol. The predicted octanol–water partition coefficient (Wildman–Crippen LogP) is -0.402. The summed E-state index contributed by atoms with van der Waals surface area (Å²) in [7, 11) is 0. The van der Waals surface area contributed by atoms with E-state index in [9.17, 15) is 9.18 Å². The van der Waals surface area contributed by atoms with E-state index in [0.29, 0.717) is 0 Å². The zero-order valence-corrected chi connectivity index (χ0v) is 8.00. The fourth-order valence-corrected chi connectivity index (χ4v) is 2.30. The van der Waals surface area contributed by atoms with E-state index < -0.39 is 29.8 Å². The van der Waals surface area contributed by atoms with Crippen LogP contribution in [0.1, 0.15) is 6.23 Å². The van der Waals surface area contributed by atoms with Crippen LogP contribution in [-0.4, -0.2) is 34.2 Å². The largest absolute Gasteiger partial charge is 0.453 e. The molecule has 3 aliphatic heterocycles. The van der Waals surface area contributed by atoms with E-state index in [1.54, 1.807) is 0 Å². The number of alkyl halides is 1. The minimum Gasteiger partial charge on any atom is -0.453 e. The molecule has 0 radical (unpaired) electrons. The van der Waals surface area contributed by atoms with Gasteiger partial charge in [-0.1, -0.05) is 0 Å². The Balaban J connectivity index is 1.81. The second kappa shape index (κ2) is 2.44. The maximum absolute atomic E-state index is 13.9. The summed E-state index contributed by atoms with van der Waals surface area (Å²) < 4.78 is 31.1. The Morgan fingerprint density at radius 2 is 2.50 bits per heavy atom. The molecule has 0 saturated carbocycles.